The maximum Gasteiger partial charge on any atom is 0.253 e. The van der Waals surface area contributed by atoms with Gasteiger partial charge in [0.25, 0.3) is 5.91 Å². The van der Waals surface area contributed by atoms with E-state index in [2.05, 4.69) is 11.4 Å². The lowest BCUT2D eigenvalue weighted by Gasteiger charge is -2.31. The molecule has 1 saturated heterocycles. The number of nitrogens with one attached hydrogen (secondary N) is 1. The molecule has 1 fully saturated rings. The number of nitrogens with zero attached hydrogens (tertiary/aromatic N) is 1. The molecular formula is C21H23FN2O2. The number of likely N-dealkylation sites (tertiary alicyclic amines) is 1. The Morgan fingerprint density at radius 1 is 1.12 bits per heavy atom. The Morgan fingerprint density at radius 3 is 2.54 bits per heavy atom. The quantitative estimate of drug-likeness (QED) is 0.916. The fraction of sp³-hybridized carbons (Fsp3) is 0.333. The van der Waals surface area contributed by atoms with E-state index in [9.17, 15) is 14.0 Å². The second kappa shape index (κ2) is 8.13. The van der Waals surface area contributed by atoms with Crippen molar-refractivity contribution in [3.8, 4) is 0 Å². The van der Waals surface area contributed by atoms with Crippen LogP contribution < -0.4 is 5.32 Å². The molecule has 5 heteroatoms. The summed E-state index contributed by atoms with van der Waals surface area (Å²) < 4.78 is 13.3. The number of amides is 2. The Kier molecular flexibility index (Phi) is 5.66. The molecule has 0 radical (unpaired) electrons. The molecule has 0 unspecified atom stereocenters. The van der Waals surface area contributed by atoms with Crippen molar-refractivity contribution in [1.82, 2.24) is 10.2 Å². The number of rotatable bonds is 4. The number of carbonyl (C=O) groups is 2. The summed E-state index contributed by atoms with van der Waals surface area (Å²) >= 11 is 0. The van der Waals surface area contributed by atoms with Crippen LogP contribution in [-0.2, 0) is 11.3 Å². The molecule has 0 spiro atoms. The SMILES string of the molecule is Cc1cccc(CNC(=O)C2CCN(C(=O)c3cccc(F)c3)CC2)c1. The van der Waals surface area contributed by atoms with Crippen molar-refractivity contribution < 1.29 is 14.0 Å². The van der Waals surface area contributed by atoms with Gasteiger partial charge in [-0.1, -0.05) is 35.9 Å². The zero-order valence-corrected chi connectivity index (χ0v) is 14.9. The Balaban J connectivity index is 1.50. The second-order valence-electron chi connectivity index (χ2n) is 6.78. The fourth-order valence-electron chi connectivity index (χ4n) is 3.30. The molecule has 0 bridgehead atoms. The van der Waals surface area contributed by atoms with Gasteiger partial charge in [0, 0.05) is 31.1 Å². The Hall–Kier alpha value is -2.69. The summed E-state index contributed by atoms with van der Waals surface area (Å²) in [5, 5.41) is 2.99. The highest BCUT2D eigenvalue weighted by molar-refractivity contribution is 5.94. The molecule has 1 N–H and O–H groups in total. The molecule has 4 nitrogen and oxygen atoms in total. The smallest absolute Gasteiger partial charge is 0.253 e. The highest BCUT2D eigenvalue weighted by atomic mass is 19.1. The number of halogens is 1. The molecule has 0 aromatic heterocycles. The average Bonchev–Trinajstić information content (AvgIpc) is 2.66. The molecule has 0 aliphatic carbocycles. The summed E-state index contributed by atoms with van der Waals surface area (Å²) in [6, 6.07) is 13.8. The van der Waals surface area contributed by atoms with Crippen molar-refractivity contribution >= 4 is 11.8 Å². The van der Waals surface area contributed by atoms with Crippen LogP contribution in [0.2, 0.25) is 0 Å². The molecule has 1 aliphatic heterocycles. The van der Waals surface area contributed by atoms with E-state index in [1.165, 1.54) is 23.8 Å². The Labute approximate surface area is 153 Å². The van der Waals surface area contributed by atoms with Gasteiger partial charge in [-0.25, -0.2) is 4.39 Å². The van der Waals surface area contributed by atoms with Crippen molar-refractivity contribution in [2.75, 3.05) is 13.1 Å². The van der Waals surface area contributed by atoms with Gasteiger partial charge in [0.15, 0.2) is 0 Å². The van der Waals surface area contributed by atoms with E-state index < -0.39 is 5.82 Å². The third-order valence-corrected chi connectivity index (χ3v) is 4.77. The topological polar surface area (TPSA) is 49.4 Å². The van der Waals surface area contributed by atoms with Crippen LogP contribution in [0.5, 0.6) is 0 Å². The number of hydrogen-bond donors (Lipinski definition) is 1. The summed E-state index contributed by atoms with van der Waals surface area (Å²) in [6.07, 6.45) is 1.25. The lowest BCUT2D eigenvalue weighted by atomic mass is 9.95. The van der Waals surface area contributed by atoms with Gasteiger partial charge in [0.2, 0.25) is 5.91 Å². The van der Waals surface area contributed by atoms with E-state index in [-0.39, 0.29) is 17.7 Å². The molecular weight excluding hydrogens is 331 g/mol. The van der Waals surface area contributed by atoms with Crippen molar-refractivity contribution in [1.29, 1.82) is 0 Å². The van der Waals surface area contributed by atoms with E-state index in [0.717, 1.165) is 5.56 Å². The minimum atomic E-state index is -0.415. The highest BCUT2D eigenvalue weighted by Gasteiger charge is 2.27. The first-order valence-electron chi connectivity index (χ1n) is 8.91. The zero-order chi connectivity index (χ0) is 18.5. The summed E-state index contributed by atoms with van der Waals surface area (Å²) in [5.41, 5.74) is 2.60. The number of aryl methyl sites for hydroxylation is 1. The molecule has 2 aromatic rings. The lowest BCUT2D eigenvalue weighted by Crippen LogP contribution is -2.42. The molecule has 136 valence electrons. The van der Waals surface area contributed by atoms with Crippen LogP contribution in [-0.4, -0.2) is 29.8 Å². The van der Waals surface area contributed by atoms with Crippen molar-refractivity contribution in [3.05, 3.63) is 71.0 Å². The molecule has 1 heterocycles. The van der Waals surface area contributed by atoms with E-state index in [4.69, 9.17) is 0 Å². The second-order valence-corrected chi connectivity index (χ2v) is 6.78. The van der Waals surface area contributed by atoms with Crippen LogP contribution in [0.3, 0.4) is 0 Å². The lowest BCUT2D eigenvalue weighted by molar-refractivity contribution is -0.126. The summed E-state index contributed by atoms with van der Waals surface area (Å²) in [6.45, 7) is 3.56. The Bertz CT molecular complexity index is 798. The predicted octanol–water partition coefficient (Wildman–Crippen LogP) is 3.30. The van der Waals surface area contributed by atoms with Gasteiger partial charge in [-0.15, -0.1) is 0 Å². The molecule has 0 atom stereocenters. The zero-order valence-electron chi connectivity index (χ0n) is 14.9. The van der Waals surface area contributed by atoms with Crippen LogP contribution in [0.25, 0.3) is 0 Å². The molecule has 26 heavy (non-hydrogen) atoms. The summed E-state index contributed by atoms with van der Waals surface area (Å²) in [4.78, 5) is 26.5. The molecule has 3 rings (SSSR count). The minimum absolute atomic E-state index is 0.0318. The fourth-order valence-corrected chi connectivity index (χ4v) is 3.30. The third kappa shape index (κ3) is 4.48. The van der Waals surface area contributed by atoms with Gasteiger partial charge in [0.1, 0.15) is 5.82 Å². The monoisotopic (exact) mass is 354 g/mol. The van der Waals surface area contributed by atoms with Crippen LogP contribution in [0.1, 0.15) is 34.3 Å². The van der Waals surface area contributed by atoms with Crippen LogP contribution >= 0.6 is 0 Å². The van der Waals surface area contributed by atoms with Gasteiger partial charge < -0.3 is 10.2 Å². The van der Waals surface area contributed by atoms with Gasteiger partial charge >= 0.3 is 0 Å². The van der Waals surface area contributed by atoms with Gasteiger partial charge in [0.05, 0.1) is 0 Å². The van der Waals surface area contributed by atoms with E-state index >= 15 is 0 Å². The number of benzene rings is 2. The maximum absolute atomic E-state index is 13.3. The number of piperidine rings is 1. The van der Waals surface area contributed by atoms with Gasteiger partial charge in [-0.2, -0.15) is 0 Å². The first kappa shape index (κ1) is 18.1. The Morgan fingerprint density at radius 2 is 1.85 bits per heavy atom. The van der Waals surface area contributed by atoms with Crippen LogP contribution in [0.15, 0.2) is 48.5 Å². The maximum atomic E-state index is 13.3. The number of hydrogen-bond acceptors (Lipinski definition) is 2. The molecule has 2 amide bonds. The summed E-state index contributed by atoms with van der Waals surface area (Å²) in [5.74, 6) is -0.648. The summed E-state index contributed by atoms with van der Waals surface area (Å²) in [7, 11) is 0. The highest BCUT2D eigenvalue weighted by Crippen LogP contribution is 2.20. The predicted molar refractivity (Wildman–Crippen MR) is 98.1 cm³/mol. The van der Waals surface area contributed by atoms with Crippen LogP contribution in [0.4, 0.5) is 4.39 Å². The standard InChI is InChI=1S/C21H23FN2O2/c1-15-4-2-5-16(12-15)14-23-20(25)17-8-10-24(11-9-17)21(26)18-6-3-7-19(22)13-18/h2-7,12-13,17H,8-11,14H2,1H3,(H,23,25). The van der Waals surface area contributed by atoms with E-state index in [1.807, 2.05) is 25.1 Å². The van der Waals surface area contributed by atoms with E-state index in [0.29, 0.717) is 38.0 Å². The number of carbonyl (C=O) groups excluding carboxylic acids is 2. The molecule has 0 saturated carbocycles. The molecule has 1 aliphatic rings. The van der Waals surface area contributed by atoms with Crippen molar-refractivity contribution in [2.24, 2.45) is 5.92 Å². The van der Waals surface area contributed by atoms with Gasteiger partial charge in [-0.3, -0.25) is 9.59 Å². The molecule has 2 aromatic carbocycles. The van der Waals surface area contributed by atoms with Gasteiger partial charge in [-0.05, 0) is 43.5 Å². The largest absolute Gasteiger partial charge is 0.352 e. The van der Waals surface area contributed by atoms with Crippen molar-refractivity contribution in [3.63, 3.8) is 0 Å². The van der Waals surface area contributed by atoms with Crippen molar-refractivity contribution in [2.45, 2.75) is 26.3 Å². The van der Waals surface area contributed by atoms with E-state index in [1.54, 1.807) is 11.0 Å². The average molecular weight is 354 g/mol. The normalized spacial score (nSPS) is 14.9. The third-order valence-electron chi connectivity index (χ3n) is 4.77. The first-order valence-corrected chi connectivity index (χ1v) is 8.91. The minimum Gasteiger partial charge on any atom is -0.352 e. The van der Waals surface area contributed by atoms with Crippen LogP contribution in [0, 0.1) is 18.7 Å². The first-order chi connectivity index (χ1) is 12.5.